The monoisotopic (exact) mass is 436 g/mol. The lowest BCUT2D eigenvalue weighted by Gasteiger charge is -2.25. The zero-order valence-electron chi connectivity index (χ0n) is 17.0. The molecule has 32 heavy (non-hydrogen) atoms. The normalized spacial score (nSPS) is 13.1. The Morgan fingerprint density at radius 1 is 0.719 bits per heavy atom. The second-order valence-electron chi connectivity index (χ2n) is 7.58. The van der Waals surface area contributed by atoms with Gasteiger partial charge in [0.15, 0.2) is 0 Å². The lowest BCUT2D eigenvalue weighted by molar-refractivity contribution is 0.505. The maximum absolute atomic E-state index is 13.7. The summed E-state index contributed by atoms with van der Waals surface area (Å²) >= 11 is 0. The van der Waals surface area contributed by atoms with Gasteiger partial charge >= 0.3 is 0 Å². The number of nitrogens with one attached hydrogen (secondary N) is 2. The first kappa shape index (κ1) is 21.5. The van der Waals surface area contributed by atoms with Gasteiger partial charge in [0.25, 0.3) is 0 Å². The molecule has 7 heteroatoms. The summed E-state index contributed by atoms with van der Waals surface area (Å²) in [5.74, 6) is -1.74. The molecule has 0 spiro atoms. The Morgan fingerprint density at radius 3 is 2.03 bits per heavy atom. The maximum Gasteiger partial charge on any atom is 0.249 e. The summed E-state index contributed by atoms with van der Waals surface area (Å²) in [6.45, 7) is 1.77. The lowest BCUT2D eigenvalue weighted by Crippen LogP contribution is -2.31. The molecule has 4 aromatic rings. The highest BCUT2D eigenvalue weighted by Crippen LogP contribution is 2.29. The molecule has 0 bridgehead atoms. The molecule has 0 saturated carbocycles. The molecular formula is C25H19F3N2O2. The van der Waals surface area contributed by atoms with Crippen LogP contribution in [0, 0.1) is 17.5 Å². The van der Waals surface area contributed by atoms with E-state index in [1.165, 1.54) is 30.3 Å². The van der Waals surface area contributed by atoms with Gasteiger partial charge in [0.05, 0.1) is 11.7 Å². The van der Waals surface area contributed by atoms with E-state index >= 15 is 0 Å². The highest BCUT2D eigenvalue weighted by atomic mass is 19.1. The molecule has 162 valence electrons. The summed E-state index contributed by atoms with van der Waals surface area (Å²) in [5.41, 5.74) is 1.60. The van der Waals surface area contributed by atoms with E-state index in [0.717, 1.165) is 17.2 Å². The van der Waals surface area contributed by atoms with Crippen LogP contribution in [0.3, 0.4) is 0 Å². The SMILES string of the molecule is C[C@@H](NC(c1ccc(F)cc1)c1cccc(Nc2cc(=O)c2=O)c1)c1cc(F)cc(F)c1. The molecule has 0 heterocycles. The molecule has 4 nitrogen and oxygen atoms in total. The summed E-state index contributed by atoms with van der Waals surface area (Å²) in [6, 6.07) is 16.7. The molecule has 0 fully saturated rings. The third-order valence-corrected chi connectivity index (χ3v) is 5.25. The van der Waals surface area contributed by atoms with E-state index in [0.29, 0.717) is 11.3 Å². The van der Waals surface area contributed by atoms with E-state index in [2.05, 4.69) is 10.6 Å². The molecule has 0 aliphatic heterocycles. The molecule has 0 saturated heterocycles. The van der Waals surface area contributed by atoms with E-state index < -0.39 is 34.6 Å². The van der Waals surface area contributed by atoms with Crippen LogP contribution in [-0.4, -0.2) is 0 Å². The fraction of sp³-hybridized carbons (Fsp3) is 0.120. The van der Waals surface area contributed by atoms with Crippen LogP contribution in [0.2, 0.25) is 0 Å². The first-order chi connectivity index (χ1) is 15.3. The van der Waals surface area contributed by atoms with Crippen molar-refractivity contribution >= 4 is 11.4 Å². The quantitative estimate of drug-likeness (QED) is 0.406. The van der Waals surface area contributed by atoms with Gasteiger partial charge in [-0.3, -0.25) is 14.9 Å². The topological polar surface area (TPSA) is 58.2 Å². The molecule has 4 rings (SSSR count). The zero-order valence-corrected chi connectivity index (χ0v) is 17.0. The van der Waals surface area contributed by atoms with Gasteiger partial charge in [0.1, 0.15) is 17.5 Å². The Hall–Kier alpha value is -3.71. The van der Waals surface area contributed by atoms with Crippen LogP contribution in [-0.2, 0) is 0 Å². The minimum atomic E-state index is -0.675. The predicted octanol–water partition coefficient (Wildman–Crippen LogP) is 4.88. The van der Waals surface area contributed by atoms with Crippen molar-refractivity contribution in [3.8, 4) is 0 Å². The van der Waals surface area contributed by atoms with Crippen molar-refractivity contribution in [2.24, 2.45) is 0 Å². The highest BCUT2D eigenvalue weighted by molar-refractivity contribution is 5.62. The Kier molecular flexibility index (Phi) is 5.92. The largest absolute Gasteiger partial charge is 0.352 e. The smallest absolute Gasteiger partial charge is 0.249 e. The van der Waals surface area contributed by atoms with Gasteiger partial charge in [-0.2, -0.15) is 0 Å². The van der Waals surface area contributed by atoms with Gasteiger partial charge in [-0.1, -0.05) is 24.3 Å². The van der Waals surface area contributed by atoms with E-state index in [1.54, 1.807) is 37.3 Å². The molecule has 0 radical (unpaired) electrons. The number of hydrogen-bond acceptors (Lipinski definition) is 4. The minimum Gasteiger partial charge on any atom is -0.352 e. The fourth-order valence-corrected chi connectivity index (χ4v) is 3.57. The third kappa shape index (κ3) is 4.63. The number of anilines is 2. The van der Waals surface area contributed by atoms with Crippen molar-refractivity contribution < 1.29 is 13.2 Å². The van der Waals surface area contributed by atoms with Crippen LogP contribution in [0.25, 0.3) is 0 Å². The molecular weight excluding hydrogens is 417 g/mol. The second kappa shape index (κ2) is 8.80. The Bertz CT molecular complexity index is 1310. The lowest BCUT2D eigenvalue weighted by atomic mass is 9.96. The van der Waals surface area contributed by atoms with E-state index in [-0.39, 0.29) is 11.5 Å². The van der Waals surface area contributed by atoms with Crippen molar-refractivity contribution in [2.75, 3.05) is 5.32 Å². The van der Waals surface area contributed by atoms with Gasteiger partial charge < -0.3 is 5.32 Å². The van der Waals surface area contributed by atoms with Gasteiger partial charge in [0.2, 0.25) is 10.9 Å². The van der Waals surface area contributed by atoms with Crippen molar-refractivity contribution in [1.82, 2.24) is 5.32 Å². The molecule has 1 unspecified atom stereocenters. The summed E-state index contributed by atoms with van der Waals surface area (Å²) in [5, 5.41) is 6.26. The Labute approximate surface area is 182 Å². The van der Waals surface area contributed by atoms with E-state index in [9.17, 15) is 22.8 Å². The zero-order chi connectivity index (χ0) is 22.8. The van der Waals surface area contributed by atoms with Gasteiger partial charge in [-0.25, -0.2) is 13.2 Å². The number of rotatable bonds is 7. The van der Waals surface area contributed by atoms with Crippen molar-refractivity contribution in [3.63, 3.8) is 0 Å². The van der Waals surface area contributed by atoms with Crippen molar-refractivity contribution in [2.45, 2.75) is 19.0 Å². The molecule has 2 N–H and O–H groups in total. The van der Waals surface area contributed by atoms with Crippen molar-refractivity contribution in [1.29, 1.82) is 0 Å². The first-order valence-electron chi connectivity index (χ1n) is 9.95. The number of hydrogen-bond donors (Lipinski definition) is 2. The van der Waals surface area contributed by atoms with Crippen LogP contribution in [0.5, 0.6) is 0 Å². The summed E-state index contributed by atoms with van der Waals surface area (Å²) in [4.78, 5) is 22.8. The van der Waals surface area contributed by atoms with Crippen LogP contribution in [0.4, 0.5) is 24.5 Å². The Balaban J connectivity index is 1.67. The third-order valence-electron chi connectivity index (χ3n) is 5.25. The number of benzene rings is 3. The molecule has 0 aliphatic carbocycles. The Morgan fingerprint density at radius 2 is 1.41 bits per heavy atom. The van der Waals surface area contributed by atoms with Crippen LogP contribution >= 0.6 is 0 Å². The average Bonchev–Trinajstić information content (AvgIpc) is 2.77. The highest BCUT2D eigenvalue weighted by Gasteiger charge is 2.19. The molecule has 0 amide bonds. The average molecular weight is 436 g/mol. The van der Waals surface area contributed by atoms with Crippen LogP contribution < -0.4 is 21.5 Å². The van der Waals surface area contributed by atoms with Gasteiger partial charge in [-0.15, -0.1) is 0 Å². The first-order valence-corrected chi connectivity index (χ1v) is 9.95. The molecule has 0 aliphatic rings. The standard InChI is InChI=1S/C25H19F3N2O2/c1-14(17-9-19(27)12-20(28)10-17)29-24(15-5-7-18(26)8-6-15)16-3-2-4-21(11-16)30-22-13-23(31)25(22)32/h2-14,24,29-30H,1H3/t14-,24?/m1/s1. The fourth-order valence-electron chi connectivity index (χ4n) is 3.57. The summed E-state index contributed by atoms with van der Waals surface area (Å²) < 4.78 is 40.9. The minimum absolute atomic E-state index is 0.210. The van der Waals surface area contributed by atoms with E-state index in [4.69, 9.17) is 0 Å². The molecule has 4 aromatic carbocycles. The summed E-state index contributed by atoms with van der Waals surface area (Å²) in [6.07, 6.45) is 0. The molecule has 2 atom stereocenters. The van der Waals surface area contributed by atoms with Crippen molar-refractivity contribution in [3.05, 3.63) is 127 Å². The summed E-state index contributed by atoms with van der Waals surface area (Å²) in [7, 11) is 0. The van der Waals surface area contributed by atoms with E-state index in [1.807, 2.05) is 6.07 Å². The second-order valence-corrected chi connectivity index (χ2v) is 7.58. The van der Waals surface area contributed by atoms with Gasteiger partial charge in [-0.05, 0) is 60.0 Å². The maximum atomic E-state index is 13.7. The van der Waals surface area contributed by atoms with Gasteiger partial charge in [0, 0.05) is 23.9 Å². The molecule has 0 aromatic heterocycles. The van der Waals surface area contributed by atoms with Crippen LogP contribution in [0.1, 0.15) is 35.7 Å². The predicted molar refractivity (Wildman–Crippen MR) is 117 cm³/mol. The number of halogens is 3. The van der Waals surface area contributed by atoms with Crippen LogP contribution in [0.15, 0.2) is 82.4 Å².